The van der Waals surface area contributed by atoms with Crippen molar-refractivity contribution in [3.8, 4) is 0 Å². The van der Waals surface area contributed by atoms with Crippen LogP contribution in [0.15, 0.2) is 60.9 Å². The highest BCUT2D eigenvalue weighted by molar-refractivity contribution is 6.02. The third kappa shape index (κ3) is 3.24. The predicted molar refractivity (Wildman–Crippen MR) is 126 cm³/mol. The maximum absolute atomic E-state index is 13.9. The van der Waals surface area contributed by atoms with Crippen molar-refractivity contribution in [2.45, 2.75) is 44.4 Å². The van der Waals surface area contributed by atoms with Gasteiger partial charge in [-0.1, -0.05) is 6.92 Å². The van der Waals surface area contributed by atoms with Crippen LogP contribution in [-0.2, 0) is 0 Å². The minimum atomic E-state index is -0.193. The highest BCUT2D eigenvalue weighted by atomic mass is 19.1. The van der Waals surface area contributed by atoms with Crippen molar-refractivity contribution in [2.24, 2.45) is 5.92 Å². The summed E-state index contributed by atoms with van der Waals surface area (Å²) in [4.78, 5) is 17.4. The minimum Gasteiger partial charge on any atom is -0.342 e. The first kappa shape index (κ1) is 19.4. The van der Waals surface area contributed by atoms with Crippen molar-refractivity contribution in [2.75, 3.05) is 0 Å². The van der Waals surface area contributed by atoms with Crippen molar-refractivity contribution >= 4 is 32.8 Å². The number of H-pyrrole nitrogens is 1. The Hall–Kier alpha value is -3.34. The predicted octanol–water partition coefficient (Wildman–Crippen LogP) is 6.88. The number of nitrogens with zero attached hydrogens (tertiary/aromatic N) is 3. The maximum atomic E-state index is 13.9. The molecule has 0 radical (unpaired) electrons. The van der Waals surface area contributed by atoms with Gasteiger partial charge in [0, 0.05) is 29.1 Å². The quantitative estimate of drug-likeness (QED) is 0.344. The summed E-state index contributed by atoms with van der Waals surface area (Å²) in [7, 11) is 0. The molecule has 5 aromatic rings. The molecule has 1 saturated carbocycles. The van der Waals surface area contributed by atoms with E-state index >= 15 is 0 Å². The molecule has 6 rings (SSSR count). The highest BCUT2D eigenvalue weighted by Gasteiger charge is 2.29. The number of fused-ring (bicyclic) bond motifs is 4. The van der Waals surface area contributed by atoms with Gasteiger partial charge in [-0.05, 0) is 91.6 Å². The number of nitrogens with one attached hydrogen (secondary N) is 1. The standard InChI is InChI=1S/C27H25FN4/c1-16(27-31-25-11-10-23-21(26(25)32-27)3-2-13-29-23)17-4-6-18(7-5-17)20-12-14-30-24-9-8-19(28)15-22(20)24/h2-3,8-18H,4-7H2,1H3,(H,31,32). The van der Waals surface area contributed by atoms with E-state index < -0.39 is 0 Å². The van der Waals surface area contributed by atoms with Gasteiger partial charge in [-0.15, -0.1) is 0 Å². The Bertz CT molecular complexity index is 1430. The molecule has 1 atom stereocenters. The van der Waals surface area contributed by atoms with Gasteiger partial charge in [-0.2, -0.15) is 0 Å². The molecule has 0 spiro atoms. The minimum absolute atomic E-state index is 0.193. The summed E-state index contributed by atoms with van der Waals surface area (Å²) >= 11 is 0. The number of imidazole rings is 1. The molecule has 1 aliphatic rings. The van der Waals surface area contributed by atoms with Crippen molar-refractivity contribution in [1.82, 2.24) is 19.9 Å². The van der Waals surface area contributed by atoms with E-state index in [1.807, 2.05) is 18.5 Å². The van der Waals surface area contributed by atoms with Crippen LogP contribution in [-0.4, -0.2) is 19.9 Å². The SMILES string of the molecule is CC(c1nc2c(ccc3ncccc32)[nH]1)C1CCC(c2ccnc3ccc(F)cc23)CC1. The Morgan fingerprint density at radius 1 is 0.906 bits per heavy atom. The molecule has 0 bridgehead atoms. The van der Waals surface area contributed by atoms with Crippen LogP contribution in [0.1, 0.15) is 55.8 Å². The second-order valence-corrected chi connectivity index (χ2v) is 9.12. The molecule has 0 saturated heterocycles. The smallest absolute Gasteiger partial charge is 0.123 e. The molecule has 1 N–H and O–H groups in total. The van der Waals surface area contributed by atoms with E-state index in [2.05, 4.69) is 46.1 Å². The molecular formula is C27H25FN4. The Labute approximate surface area is 185 Å². The van der Waals surface area contributed by atoms with Crippen molar-refractivity contribution < 1.29 is 4.39 Å². The molecule has 1 fully saturated rings. The second-order valence-electron chi connectivity index (χ2n) is 9.12. The van der Waals surface area contributed by atoms with Crippen LogP contribution in [0.2, 0.25) is 0 Å². The lowest BCUT2D eigenvalue weighted by Crippen LogP contribution is -2.19. The van der Waals surface area contributed by atoms with Gasteiger partial charge in [-0.3, -0.25) is 9.97 Å². The molecule has 32 heavy (non-hydrogen) atoms. The van der Waals surface area contributed by atoms with Gasteiger partial charge in [0.05, 0.1) is 22.1 Å². The van der Waals surface area contributed by atoms with Crippen LogP contribution in [0.3, 0.4) is 0 Å². The summed E-state index contributed by atoms with van der Waals surface area (Å²) in [5, 5.41) is 2.06. The monoisotopic (exact) mass is 424 g/mol. The Kier molecular flexibility index (Phi) is 4.63. The van der Waals surface area contributed by atoms with E-state index in [4.69, 9.17) is 4.98 Å². The summed E-state index contributed by atoms with van der Waals surface area (Å²) in [6.45, 7) is 2.29. The number of halogens is 1. The Balaban J connectivity index is 1.24. The number of hydrogen-bond donors (Lipinski definition) is 1. The molecule has 0 amide bonds. The Morgan fingerprint density at radius 2 is 1.69 bits per heavy atom. The summed E-state index contributed by atoms with van der Waals surface area (Å²) in [6.07, 6.45) is 8.19. The number of hydrogen-bond acceptors (Lipinski definition) is 3. The van der Waals surface area contributed by atoms with E-state index in [-0.39, 0.29) is 5.82 Å². The van der Waals surface area contributed by atoms with Gasteiger partial charge in [0.15, 0.2) is 0 Å². The van der Waals surface area contributed by atoms with Gasteiger partial charge >= 0.3 is 0 Å². The molecule has 160 valence electrons. The number of rotatable bonds is 3. The van der Waals surface area contributed by atoms with Gasteiger partial charge in [0.2, 0.25) is 0 Å². The zero-order valence-corrected chi connectivity index (χ0v) is 18.1. The van der Waals surface area contributed by atoms with Crippen LogP contribution in [0, 0.1) is 11.7 Å². The lowest BCUT2D eigenvalue weighted by molar-refractivity contribution is 0.286. The first-order chi connectivity index (χ1) is 15.7. The molecule has 5 heteroatoms. The average molecular weight is 425 g/mol. The molecule has 0 aliphatic heterocycles. The number of aromatic nitrogens is 4. The Morgan fingerprint density at radius 3 is 2.56 bits per heavy atom. The van der Waals surface area contributed by atoms with Crippen LogP contribution < -0.4 is 0 Å². The van der Waals surface area contributed by atoms with Crippen LogP contribution in [0.4, 0.5) is 4.39 Å². The first-order valence-corrected chi connectivity index (χ1v) is 11.4. The highest BCUT2D eigenvalue weighted by Crippen LogP contribution is 2.43. The van der Waals surface area contributed by atoms with E-state index in [0.29, 0.717) is 17.8 Å². The van der Waals surface area contributed by atoms with Gasteiger partial charge < -0.3 is 4.98 Å². The average Bonchev–Trinajstić information content (AvgIpc) is 3.28. The van der Waals surface area contributed by atoms with Crippen LogP contribution in [0.25, 0.3) is 32.8 Å². The van der Waals surface area contributed by atoms with Gasteiger partial charge in [0.1, 0.15) is 11.6 Å². The van der Waals surface area contributed by atoms with Crippen molar-refractivity contribution in [1.29, 1.82) is 0 Å². The van der Waals surface area contributed by atoms with E-state index in [1.54, 1.807) is 12.1 Å². The molecule has 3 aromatic heterocycles. The topological polar surface area (TPSA) is 54.5 Å². The number of pyridine rings is 2. The molecule has 2 aromatic carbocycles. The van der Waals surface area contributed by atoms with E-state index in [0.717, 1.165) is 64.3 Å². The fourth-order valence-corrected chi connectivity index (χ4v) is 5.51. The molecule has 3 heterocycles. The first-order valence-electron chi connectivity index (χ1n) is 11.4. The molecular weight excluding hydrogens is 399 g/mol. The van der Waals surface area contributed by atoms with E-state index in [9.17, 15) is 4.39 Å². The maximum Gasteiger partial charge on any atom is 0.123 e. The fraction of sp³-hybridized carbons (Fsp3) is 0.296. The molecule has 1 aliphatic carbocycles. The number of benzene rings is 2. The fourth-order valence-electron chi connectivity index (χ4n) is 5.51. The second kappa shape index (κ2) is 7.66. The van der Waals surface area contributed by atoms with Gasteiger partial charge in [-0.25, -0.2) is 9.37 Å². The summed E-state index contributed by atoms with van der Waals surface area (Å²) in [5.41, 5.74) is 5.18. The number of aromatic amines is 1. The van der Waals surface area contributed by atoms with Crippen LogP contribution >= 0.6 is 0 Å². The zero-order valence-electron chi connectivity index (χ0n) is 18.1. The van der Waals surface area contributed by atoms with E-state index in [1.165, 1.54) is 11.6 Å². The lowest BCUT2D eigenvalue weighted by atomic mass is 9.73. The normalized spacial score (nSPS) is 20.2. The molecule has 4 nitrogen and oxygen atoms in total. The molecule has 1 unspecified atom stereocenters. The largest absolute Gasteiger partial charge is 0.342 e. The third-order valence-electron chi connectivity index (χ3n) is 7.34. The lowest BCUT2D eigenvalue weighted by Gasteiger charge is -2.32. The van der Waals surface area contributed by atoms with Crippen LogP contribution in [0.5, 0.6) is 0 Å². The summed E-state index contributed by atoms with van der Waals surface area (Å²) < 4.78 is 13.9. The zero-order chi connectivity index (χ0) is 21.7. The van der Waals surface area contributed by atoms with Gasteiger partial charge in [0.25, 0.3) is 0 Å². The third-order valence-corrected chi connectivity index (χ3v) is 7.34. The van der Waals surface area contributed by atoms with Crippen molar-refractivity contribution in [3.05, 3.63) is 78.1 Å². The summed E-state index contributed by atoms with van der Waals surface area (Å²) in [6, 6.07) is 15.2. The van der Waals surface area contributed by atoms with Crippen molar-refractivity contribution in [3.63, 3.8) is 0 Å². The summed E-state index contributed by atoms with van der Waals surface area (Å²) in [5.74, 6) is 2.28.